The fourth-order valence-electron chi connectivity index (χ4n) is 2.02. The number of hydrogen-bond acceptors (Lipinski definition) is 6. The van der Waals surface area contributed by atoms with Crippen molar-refractivity contribution in [3.05, 3.63) is 47.2 Å². The zero-order valence-corrected chi connectivity index (χ0v) is 13.7. The molecule has 0 aliphatic carbocycles. The first-order valence-corrected chi connectivity index (χ1v) is 7.07. The monoisotopic (exact) mass is 319 g/mol. The maximum Gasteiger partial charge on any atom is 0.343 e. The Morgan fingerprint density at radius 2 is 1.78 bits per heavy atom. The molecule has 0 saturated heterocycles. The van der Waals surface area contributed by atoms with Crippen LogP contribution in [0, 0.1) is 0 Å². The van der Waals surface area contributed by atoms with E-state index in [0.717, 1.165) is 5.56 Å². The topological polar surface area (TPSA) is 85.2 Å². The number of aliphatic hydroxyl groups excluding tert-OH is 1. The number of hydrogen-bond donors (Lipinski definition) is 1. The van der Waals surface area contributed by atoms with E-state index < -0.39 is 11.9 Å². The van der Waals surface area contributed by atoms with Gasteiger partial charge in [0.05, 0.1) is 32.4 Å². The molecule has 23 heavy (non-hydrogen) atoms. The van der Waals surface area contributed by atoms with Crippen LogP contribution >= 0.6 is 0 Å². The summed E-state index contributed by atoms with van der Waals surface area (Å²) < 4.78 is 9.30. The summed E-state index contributed by atoms with van der Waals surface area (Å²) in [7, 11) is 2.44. The zero-order chi connectivity index (χ0) is 17.4. The molecule has 0 aromatic heterocycles. The number of aliphatic hydroxyl groups is 1. The van der Waals surface area contributed by atoms with Crippen LogP contribution in [0.5, 0.6) is 0 Å². The molecule has 0 aliphatic heterocycles. The van der Waals surface area contributed by atoms with Crippen molar-refractivity contribution in [1.29, 1.82) is 0 Å². The highest BCUT2D eigenvalue weighted by molar-refractivity contribution is 6.23. The van der Waals surface area contributed by atoms with Crippen molar-refractivity contribution in [2.24, 2.45) is 4.99 Å². The van der Waals surface area contributed by atoms with Gasteiger partial charge in [0.25, 0.3) is 0 Å². The number of carbonyl (C=O) groups excluding carboxylic acids is 2. The summed E-state index contributed by atoms with van der Waals surface area (Å²) in [5.74, 6) is -1.58. The fraction of sp³-hybridized carbons (Fsp3) is 0.353. The molecule has 1 aromatic carbocycles. The van der Waals surface area contributed by atoms with Gasteiger partial charge in [-0.2, -0.15) is 0 Å². The minimum Gasteiger partial charge on any atom is -0.512 e. The number of esters is 2. The van der Waals surface area contributed by atoms with Crippen LogP contribution in [0.2, 0.25) is 0 Å². The van der Waals surface area contributed by atoms with Crippen molar-refractivity contribution < 1.29 is 24.2 Å². The van der Waals surface area contributed by atoms with Crippen LogP contribution in [0.25, 0.3) is 0 Å². The lowest BCUT2D eigenvalue weighted by molar-refractivity contribution is -0.139. The normalized spacial score (nSPS) is 13.8. The second-order valence-electron chi connectivity index (χ2n) is 4.87. The Labute approximate surface area is 135 Å². The quantitative estimate of drug-likeness (QED) is 0.377. The molecule has 1 N–H and O–H groups in total. The van der Waals surface area contributed by atoms with E-state index in [1.165, 1.54) is 21.1 Å². The Bertz CT molecular complexity index is 615. The van der Waals surface area contributed by atoms with Crippen LogP contribution in [0.15, 0.2) is 46.7 Å². The highest BCUT2D eigenvalue weighted by Gasteiger charge is 2.24. The maximum absolute atomic E-state index is 11.9. The van der Waals surface area contributed by atoms with E-state index in [9.17, 15) is 14.7 Å². The van der Waals surface area contributed by atoms with Gasteiger partial charge in [0.2, 0.25) is 0 Å². The number of carbonyl (C=O) groups is 2. The Morgan fingerprint density at radius 3 is 2.26 bits per heavy atom. The molecule has 124 valence electrons. The molecule has 6 nitrogen and oxygen atoms in total. The second-order valence-corrected chi connectivity index (χ2v) is 4.87. The SMILES string of the molecule is COC(=O)CC(=N[C@H](C)c1ccccc1)C(C(=O)OC)=C(C)O. The van der Waals surface area contributed by atoms with Crippen molar-refractivity contribution >= 4 is 17.7 Å². The predicted octanol–water partition coefficient (Wildman–Crippen LogP) is 2.76. The Balaban J connectivity index is 3.29. The number of nitrogens with zero attached hydrogens (tertiary/aromatic N) is 1. The van der Waals surface area contributed by atoms with Gasteiger partial charge >= 0.3 is 11.9 Å². The summed E-state index contributed by atoms with van der Waals surface area (Å²) in [6.45, 7) is 3.17. The van der Waals surface area contributed by atoms with Gasteiger partial charge in [0, 0.05) is 0 Å². The molecule has 0 aliphatic rings. The average molecular weight is 319 g/mol. The van der Waals surface area contributed by atoms with E-state index >= 15 is 0 Å². The summed E-state index contributed by atoms with van der Waals surface area (Å²) in [6, 6.07) is 9.09. The van der Waals surface area contributed by atoms with E-state index in [2.05, 4.69) is 14.5 Å². The Morgan fingerprint density at radius 1 is 1.17 bits per heavy atom. The molecule has 1 atom stereocenters. The van der Waals surface area contributed by atoms with E-state index in [-0.39, 0.29) is 29.5 Å². The standard InChI is InChI=1S/C17H21NO5/c1-11(13-8-6-5-7-9-13)18-14(10-15(20)22-3)16(12(2)19)17(21)23-4/h5-9,11,19H,10H2,1-4H3/t11-/m1/s1. The molecule has 6 heteroatoms. The molecule has 0 saturated carbocycles. The summed E-state index contributed by atoms with van der Waals surface area (Å²) in [5.41, 5.74) is 0.912. The average Bonchev–Trinajstić information content (AvgIpc) is 2.54. The summed E-state index contributed by atoms with van der Waals surface area (Å²) >= 11 is 0. The number of methoxy groups -OCH3 is 2. The molecule has 1 aromatic rings. The van der Waals surface area contributed by atoms with Gasteiger partial charge in [-0.3, -0.25) is 9.79 Å². The van der Waals surface area contributed by atoms with Crippen molar-refractivity contribution in [3.63, 3.8) is 0 Å². The van der Waals surface area contributed by atoms with Gasteiger partial charge in [-0.1, -0.05) is 30.3 Å². The summed E-state index contributed by atoms with van der Waals surface area (Å²) in [6.07, 6.45) is -0.240. The van der Waals surface area contributed by atoms with Gasteiger partial charge in [-0.05, 0) is 19.4 Å². The molecule has 0 amide bonds. The number of benzene rings is 1. The van der Waals surface area contributed by atoms with Crippen LogP contribution in [0.4, 0.5) is 0 Å². The molecule has 0 unspecified atom stereocenters. The van der Waals surface area contributed by atoms with Crippen LogP contribution in [0.1, 0.15) is 31.9 Å². The van der Waals surface area contributed by atoms with Crippen LogP contribution < -0.4 is 0 Å². The van der Waals surface area contributed by atoms with E-state index in [4.69, 9.17) is 0 Å². The fourth-order valence-corrected chi connectivity index (χ4v) is 2.02. The zero-order valence-electron chi connectivity index (χ0n) is 13.7. The molecule has 1 rings (SSSR count). The van der Waals surface area contributed by atoms with E-state index in [1.54, 1.807) is 0 Å². The number of rotatable bonds is 6. The first-order chi connectivity index (χ1) is 10.9. The van der Waals surface area contributed by atoms with Gasteiger partial charge in [0.1, 0.15) is 11.3 Å². The smallest absolute Gasteiger partial charge is 0.343 e. The van der Waals surface area contributed by atoms with Gasteiger partial charge in [-0.25, -0.2) is 4.79 Å². The van der Waals surface area contributed by atoms with Crippen LogP contribution in [0.3, 0.4) is 0 Å². The first kappa shape index (κ1) is 18.4. The predicted molar refractivity (Wildman–Crippen MR) is 86.3 cm³/mol. The van der Waals surface area contributed by atoms with Gasteiger partial charge in [0.15, 0.2) is 0 Å². The largest absolute Gasteiger partial charge is 0.512 e. The third-order valence-corrected chi connectivity index (χ3v) is 3.21. The van der Waals surface area contributed by atoms with Crippen molar-refractivity contribution in [3.8, 4) is 0 Å². The molecule has 0 radical (unpaired) electrons. The molecule has 0 spiro atoms. The molecule has 0 bridgehead atoms. The minimum absolute atomic E-state index is 0.124. The maximum atomic E-state index is 11.9. The van der Waals surface area contributed by atoms with Crippen molar-refractivity contribution in [2.75, 3.05) is 14.2 Å². The lowest BCUT2D eigenvalue weighted by Crippen LogP contribution is -2.21. The lowest BCUT2D eigenvalue weighted by atomic mass is 10.0. The molecule has 0 fully saturated rings. The third kappa shape index (κ3) is 5.25. The summed E-state index contributed by atoms with van der Waals surface area (Å²) in [4.78, 5) is 28.0. The highest BCUT2D eigenvalue weighted by Crippen LogP contribution is 2.20. The number of ether oxygens (including phenoxy) is 2. The van der Waals surface area contributed by atoms with Gasteiger partial charge in [-0.15, -0.1) is 0 Å². The highest BCUT2D eigenvalue weighted by atomic mass is 16.5. The third-order valence-electron chi connectivity index (χ3n) is 3.21. The number of aliphatic imine (C=N–C) groups is 1. The molecular weight excluding hydrogens is 298 g/mol. The van der Waals surface area contributed by atoms with Crippen molar-refractivity contribution in [2.45, 2.75) is 26.3 Å². The number of allylic oxidation sites excluding steroid dienone is 1. The Hall–Kier alpha value is -2.63. The summed E-state index contributed by atoms with van der Waals surface area (Å²) in [5, 5.41) is 9.80. The molecular formula is C17H21NO5. The van der Waals surface area contributed by atoms with E-state index in [0.29, 0.717) is 0 Å². The minimum atomic E-state index is -0.757. The van der Waals surface area contributed by atoms with Crippen LogP contribution in [-0.4, -0.2) is 37.0 Å². The first-order valence-electron chi connectivity index (χ1n) is 7.07. The van der Waals surface area contributed by atoms with Crippen molar-refractivity contribution in [1.82, 2.24) is 0 Å². The Kier molecular flexibility index (Phi) is 6.99. The van der Waals surface area contributed by atoms with E-state index in [1.807, 2.05) is 37.3 Å². The lowest BCUT2D eigenvalue weighted by Gasteiger charge is -2.13. The van der Waals surface area contributed by atoms with Gasteiger partial charge < -0.3 is 14.6 Å². The second kappa shape index (κ2) is 8.73. The molecule has 0 heterocycles. The van der Waals surface area contributed by atoms with Crippen LogP contribution in [-0.2, 0) is 19.1 Å².